The molecule has 1 aliphatic carbocycles. The molecule has 0 spiro atoms. The molecular weight excluding hydrogens is 234 g/mol. The standard InChI is InChI=1S/C14H14ClNO/c15-12-7-3-6-10-11(8-17)13(16-14(10)12)9-4-1-2-5-9/h3,6-9,16H,1-2,4-5H2. The van der Waals surface area contributed by atoms with Crippen molar-refractivity contribution in [3.8, 4) is 0 Å². The lowest BCUT2D eigenvalue weighted by molar-refractivity contribution is 0.112. The van der Waals surface area contributed by atoms with Crippen LogP contribution in [0.2, 0.25) is 5.02 Å². The van der Waals surface area contributed by atoms with Gasteiger partial charge in [0.2, 0.25) is 0 Å². The Kier molecular flexibility index (Phi) is 2.67. The van der Waals surface area contributed by atoms with Gasteiger partial charge in [0.1, 0.15) is 0 Å². The van der Waals surface area contributed by atoms with E-state index in [0.717, 1.165) is 28.4 Å². The van der Waals surface area contributed by atoms with Gasteiger partial charge in [-0.1, -0.05) is 36.6 Å². The number of para-hydroxylation sites is 1. The number of aldehydes is 1. The van der Waals surface area contributed by atoms with Gasteiger partial charge in [-0.05, 0) is 24.8 Å². The molecule has 17 heavy (non-hydrogen) atoms. The van der Waals surface area contributed by atoms with E-state index in [0.29, 0.717) is 10.9 Å². The number of aromatic nitrogens is 1. The van der Waals surface area contributed by atoms with Crippen LogP contribution in [0.25, 0.3) is 10.9 Å². The van der Waals surface area contributed by atoms with Crippen molar-refractivity contribution in [1.29, 1.82) is 0 Å². The summed E-state index contributed by atoms with van der Waals surface area (Å²) in [6, 6.07) is 5.71. The van der Waals surface area contributed by atoms with Gasteiger partial charge in [0.25, 0.3) is 0 Å². The van der Waals surface area contributed by atoms with E-state index in [1.807, 2.05) is 18.2 Å². The first kappa shape index (κ1) is 10.8. The number of carbonyl (C=O) groups is 1. The summed E-state index contributed by atoms with van der Waals surface area (Å²) in [4.78, 5) is 14.7. The fraction of sp³-hybridized carbons (Fsp3) is 0.357. The lowest BCUT2D eigenvalue weighted by Gasteiger charge is -2.07. The highest BCUT2D eigenvalue weighted by Crippen LogP contribution is 2.38. The summed E-state index contributed by atoms with van der Waals surface area (Å²) >= 11 is 6.16. The molecule has 1 aromatic carbocycles. The summed E-state index contributed by atoms with van der Waals surface area (Å²) in [6.07, 6.45) is 5.82. The number of hydrogen-bond acceptors (Lipinski definition) is 1. The first-order chi connectivity index (χ1) is 8.31. The predicted octanol–water partition coefficient (Wildman–Crippen LogP) is 4.29. The van der Waals surface area contributed by atoms with Gasteiger partial charge in [0.15, 0.2) is 6.29 Å². The summed E-state index contributed by atoms with van der Waals surface area (Å²) in [5.41, 5.74) is 2.79. The third kappa shape index (κ3) is 1.67. The molecule has 0 saturated heterocycles. The van der Waals surface area contributed by atoms with Crippen LogP contribution < -0.4 is 0 Å². The molecule has 2 nitrogen and oxygen atoms in total. The Labute approximate surface area is 105 Å². The number of nitrogens with one attached hydrogen (secondary N) is 1. The highest BCUT2D eigenvalue weighted by molar-refractivity contribution is 6.35. The van der Waals surface area contributed by atoms with Crippen LogP contribution in [0.15, 0.2) is 18.2 Å². The fourth-order valence-electron chi connectivity index (χ4n) is 2.89. The zero-order chi connectivity index (χ0) is 11.8. The van der Waals surface area contributed by atoms with E-state index in [1.54, 1.807) is 0 Å². The second-order valence-corrected chi connectivity index (χ2v) is 5.12. The van der Waals surface area contributed by atoms with Gasteiger partial charge in [0.05, 0.1) is 10.5 Å². The van der Waals surface area contributed by atoms with Gasteiger partial charge in [-0.25, -0.2) is 0 Å². The molecule has 1 N–H and O–H groups in total. The Hall–Kier alpha value is -1.28. The smallest absolute Gasteiger partial charge is 0.152 e. The number of aromatic amines is 1. The SMILES string of the molecule is O=Cc1c(C2CCCC2)[nH]c2c(Cl)cccc12. The maximum Gasteiger partial charge on any atom is 0.152 e. The van der Waals surface area contributed by atoms with Crippen molar-refractivity contribution in [3.05, 3.63) is 34.5 Å². The summed E-state index contributed by atoms with van der Waals surface area (Å²) in [5.74, 6) is 0.499. The summed E-state index contributed by atoms with van der Waals surface area (Å²) < 4.78 is 0. The third-order valence-corrected chi connectivity index (χ3v) is 4.05. The Morgan fingerprint density at radius 1 is 1.29 bits per heavy atom. The molecule has 1 saturated carbocycles. The third-order valence-electron chi connectivity index (χ3n) is 3.73. The van der Waals surface area contributed by atoms with Gasteiger partial charge >= 0.3 is 0 Å². The molecule has 0 bridgehead atoms. The van der Waals surface area contributed by atoms with Crippen LogP contribution in [0.4, 0.5) is 0 Å². The van der Waals surface area contributed by atoms with Gasteiger partial charge in [-0.15, -0.1) is 0 Å². The molecule has 1 fully saturated rings. The van der Waals surface area contributed by atoms with Crippen molar-refractivity contribution in [3.63, 3.8) is 0 Å². The molecule has 3 heteroatoms. The van der Waals surface area contributed by atoms with Gasteiger partial charge in [0, 0.05) is 16.6 Å². The molecule has 1 aliphatic rings. The fourth-order valence-corrected chi connectivity index (χ4v) is 3.11. The minimum Gasteiger partial charge on any atom is -0.356 e. The molecule has 1 aromatic heterocycles. The molecule has 88 valence electrons. The van der Waals surface area contributed by atoms with Crippen molar-refractivity contribution in [1.82, 2.24) is 4.98 Å². The van der Waals surface area contributed by atoms with Crippen LogP contribution in [0, 0.1) is 0 Å². The maximum absolute atomic E-state index is 11.3. The predicted molar refractivity (Wildman–Crippen MR) is 69.9 cm³/mol. The number of H-pyrrole nitrogens is 1. The van der Waals surface area contributed by atoms with E-state index in [2.05, 4.69) is 4.98 Å². The first-order valence-electron chi connectivity index (χ1n) is 6.06. The van der Waals surface area contributed by atoms with Crippen LogP contribution in [0.5, 0.6) is 0 Å². The zero-order valence-electron chi connectivity index (χ0n) is 9.50. The summed E-state index contributed by atoms with van der Waals surface area (Å²) in [7, 11) is 0. The Bertz CT molecular complexity index is 567. The maximum atomic E-state index is 11.3. The molecule has 0 aliphatic heterocycles. The van der Waals surface area contributed by atoms with Crippen molar-refractivity contribution in [2.75, 3.05) is 0 Å². The van der Waals surface area contributed by atoms with E-state index in [4.69, 9.17) is 11.6 Å². The minimum atomic E-state index is 0.499. The first-order valence-corrected chi connectivity index (χ1v) is 6.44. The molecule has 3 rings (SSSR count). The Balaban J connectivity index is 2.23. The van der Waals surface area contributed by atoms with Gasteiger partial charge < -0.3 is 4.98 Å². The van der Waals surface area contributed by atoms with Crippen molar-refractivity contribution < 1.29 is 4.79 Å². The minimum absolute atomic E-state index is 0.499. The number of benzene rings is 1. The van der Waals surface area contributed by atoms with E-state index >= 15 is 0 Å². The van der Waals surface area contributed by atoms with E-state index in [-0.39, 0.29) is 0 Å². The molecule has 0 atom stereocenters. The van der Waals surface area contributed by atoms with Crippen molar-refractivity contribution in [2.45, 2.75) is 31.6 Å². The van der Waals surface area contributed by atoms with Crippen LogP contribution in [0.3, 0.4) is 0 Å². The highest BCUT2D eigenvalue weighted by atomic mass is 35.5. The van der Waals surface area contributed by atoms with Crippen molar-refractivity contribution >= 4 is 28.8 Å². The van der Waals surface area contributed by atoms with E-state index in [9.17, 15) is 4.79 Å². The lowest BCUT2D eigenvalue weighted by Crippen LogP contribution is -1.96. The molecular formula is C14H14ClNO. The molecule has 2 aromatic rings. The quantitative estimate of drug-likeness (QED) is 0.789. The molecule has 1 heterocycles. The van der Waals surface area contributed by atoms with Crippen LogP contribution in [-0.4, -0.2) is 11.3 Å². The lowest BCUT2D eigenvalue weighted by atomic mass is 9.99. The number of rotatable bonds is 2. The number of carbonyl (C=O) groups excluding carboxylic acids is 1. The molecule has 0 radical (unpaired) electrons. The largest absolute Gasteiger partial charge is 0.356 e. The number of fused-ring (bicyclic) bond motifs is 1. The van der Waals surface area contributed by atoms with Gasteiger partial charge in [-0.3, -0.25) is 4.79 Å². The summed E-state index contributed by atoms with van der Waals surface area (Å²) in [5, 5.41) is 1.64. The monoisotopic (exact) mass is 247 g/mol. The average molecular weight is 248 g/mol. The molecule has 0 unspecified atom stereocenters. The van der Waals surface area contributed by atoms with Crippen LogP contribution in [-0.2, 0) is 0 Å². The number of halogens is 1. The second kappa shape index (κ2) is 4.19. The normalized spacial score (nSPS) is 16.8. The second-order valence-electron chi connectivity index (χ2n) is 4.71. The van der Waals surface area contributed by atoms with Gasteiger partial charge in [-0.2, -0.15) is 0 Å². The Morgan fingerprint density at radius 2 is 2.06 bits per heavy atom. The van der Waals surface area contributed by atoms with Crippen molar-refractivity contribution in [2.24, 2.45) is 0 Å². The Morgan fingerprint density at radius 3 is 2.76 bits per heavy atom. The van der Waals surface area contributed by atoms with Crippen LogP contribution >= 0.6 is 11.6 Å². The summed E-state index contributed by atoms with van der Waals surface area (Å²) in [6.45, 7) is 0. The van der Waals surface area contributed by atoms with Crippen LogP contribution in [0.1, 0.15) is 47.7 Å². The number of hydrogen-bond donors (Lipinski definition) is 1. The van der Waals surface area contributed by atoms with E-state index < -0.39 is 0 Å². The zero-order valence-corrected chi connectivity index (χ0v) is 10.3. The topological polar surface area (TPSA) is 32.9 Å². The van der Waals surface area contributed by atoms with E-state index in [1.165, 1.54) is 25.7 Å². The highest BCUT2D eigenvalue weighted by Gasteiger charge is 2.23. The average Bonchev–Trinajstić information content (AvgIpc) is 2.95. The molecule has 0 amide bonds.